The zero-order valence-corrected chi connectivity index (χ0v) is 10.3. The molecule has 0 unspecified atom stereocenters. The Morgan fingerprint density at radius 1 is 1.07 bits per heavy atom. The Hall–Kier alpha value is -1.08. The number of hydrogen-bond acceptors (Lipinski definition) is 1. The fraction of sp³-hybridized carbons (Fsp3) is 0.286. The summed E-state index contributed by atoms with van der Waals surface area (Å²) < 4.78 is 0. The van der Waals surface area contributed by atoms with E-state index in [9.17, 15) is 0 Å². The highest BCUT2D eigenvalue weighted by molar-refractivity contribution is 7.09. The molecule has 0 radical (unpaired) electrons. The molecular weight excluding hydrogens is 200 g/mol. The van der Waals surface area contributed by atoms with E-state index in [0.717, 1.165) is 6.42 Å². The largest absolute Gasteiger partial charge is 0.149 e. The van der Waals surface area contributed by atoms with Crippen LogP contribution in [0.1, 0.15) is 27.1 Å². The average molecular weight is 216 g/mol. The molecule has 78 valence electrons. The Balaban J connectivity index is 2.36. The van der Waals surface area contributed by atoms with E-state index < -0.39 is 0 Å². The molecule has 0 aliphatic rings. The van der Waals surface area contributed by atoms with Gasteiger partial charge in [0.05, 0.1) is 0 Å². The predicted molar refractivity (Wildman–Crippen MR) is 67.8 cm³/mol. The van der Waals surface area contributed by atoms with Gasteiger partial charge in [-0.1, -0.05) is 23.8 Å². The number of rotatable bonds is 2. The van der Waals surface area contributed by atoms with Gasteiger partial charge >= 0.3 is 0 Å². The van der Waals surface area contributed by atoms with Crippen LogP contribution in [0.3, 0.4) is 0 Å². The van der Waals surface area contributed by atoms with E-state index in [2.05, 4.69) is 50.4 Å². The van der Waals surface area contributed by atoms with E-state index >= 15 is 0 Å². The lowest BCUT2D eigenvalue weighted by atomic mass is 9.97. The molecule has 0 fully saturated rings. The number of benzene rings is 1. The van der Waals surface area contributed by atoms with Gasteiger partial charge < -0.3 is 0 Å². The predicted octanol–water partition coefficient (Wildman–Crippen LogP) is 4.26. The first-order valence-electron chi connectivity index (χ1n) is 5.26. The van der Waals surface area contributed by atoms with Crippen molar-refractivity contribution >= 4 is 11.3 Å². The summed E-state index contributed by atoms with van der Waals surface area (Å²) in [6.07, 6.45) is 1.08. The van der Waals surface area contributed by atoms with Crippen LogP contribution in [0.5, 0.6) is 0 Å². The summed E-state index contributed by atoms with van der Waals surface area (Å²) in [5.74, 6) is 0. The molecule has 2 rings (SSSR count). The lowest BCUT2D eigenvalue weighted by Gasteiger charge is -2.10. The SMILES string of the molecule is Cc1cc(C)c(Cc2cccs2)c(C)c1. The van der Waals surface area contributed by atoms with E-state index in [1.807, 2.05) is 11.3 Å². The molecule has 1 heteroatoms. The number of hydrogen-bond donors (Lipinski definition) is 0. The number of aryl methyl sites for hydroxylation is 3. The zero-order chi connectivity index (χ0) is 10.8. The first-order chi connectivity index (χ1) is 7.16. The molecule has 15 heavy (non-hydrogen) atoms. The van der Waals surface area contributed by atoms with Gasteiger partial charge in [-0.25, -0.2) is 0 Å². The standard InChI is InChI=1S/C14H16S/c1-10-7-11(2)14(12(3)8-10)9-13-5-4-6-15-13/h4-8H,9H2,1-3H3. The van der Waals surface area contributed by atoms with Gasteiger partial charge in [-0.05, 0) is 48.9 Å². The second kappa shape index (κ2) is 4.19. The normalized spacial score (nSPS) is 10.6. The minimum atomic E-state index is 1.08. The first kappa shape index (κ1) is 10.4. The van der Waals surface area contributed by atoms with Crippen LogP contribution in [0.2, 0.25) is 0 Å². The van der Waals surface area contributed by atoms with Gasteiger partial charge in [0.1, 0.15) is 0 Å². The van der Waals surface area contributed by atoms with Crippen molar-refractivity contribution in [2.45, 2.75) is 27.2 Å². The van der Waals surface area contributed by atoms with Crippen LogP contribution >= 0.6 is 11.3 Å². The third kappa shape index (κ3) is 2.29. The van der Waals surface area contributed by atoms with Crippen LogP contribution in [-0.2, 0) is 6.42 Å². The minimum Gasteiger partial charge on any atom is -0.149 e. The molecule has 0 aliphatic carbocycles. The van der Waals surface area contributed by atoms with Crippen LogP contribution in [0.4, 0.5) is 0 Å². The molecule has 1 aromatic carbocycles. The summed E-state index contributed by atoms with van der Waals surface area (Å²) in [6.45, 7) is 6.58. The Morgan fingerprint density at radius 3 is 2.27 bits per heavy atom. The zero-order valence-electron chi connectivity index (χ0n) is 9.50. The quantitative estimate of drug-likeness (QED) is 0.703. The smallest absolute Gasteiger partial charge is 0.00892 e. The monoisotopic (exact) mass is 216 g/mol. The summed E-state index contributed by atoms with van der Waals surface area (Å²) in [6, 6.07) is 8.88. The summed E-state index contributed by atoms with van der Waals surface area (Å²) in [4.78, 5) is 1.45. The van der Waals surface area contributed by atoms with Gasteiger partial charge in [0.15, 0.2) is 0 Å². The third-order valence-electron chi connectivity index (χ3n) is 2.77. The maximum atomic E-state index is 2.27. The van der Waals surface area contributed by atoms with Crippen molar-refractivity contribution in [2.75, 3.05) is 0 Å². The van der Waals surface area contributed by atoms with Crippen LogP contribution in [-0.4, -0.2) is 0 Å². The molecule has 2 aromatic rings. The van der Waals surface area contributed by atoms with Gasteiger partial charge in [0.2, 0.25) is 0 Å². The Labute approximate surface area is 95.6 Å². The third-order valence-corrected chi connectivity index (χ3v) is 3.65. The Bertz CT molecular complexity index is 429. The number of thiophene rings is 1. The van der Waals surface area contributed by atoms with Gasteiger partial charge in [-0.2, -0.15) is 0 Å². The fourth-order valence-corrected chi connectivity index (χ4v) is 2.79. The molecule has 0 N–H and O–H groups in total. The Morgan fingerprint density at radius 2 is 1.73 bits per heavy atom. The van der Waals surface area contributed by atoms with Crippen LogP contribution < -0.4 is 0 Å². The second-order valence-corrected chi connectivity index (χ2v) is 5.17. The summed E-state index contributed by atoms with van der Waals surface area (Å²) in [5.41, 5.74) is 5.68. The maximum absolute atomic E-state index is 2.27. The van der Waals surface area contributed by atoms with Crippen LogP contribution in [0, 0.1) is 20.8 Å². The second-order valence-electron chi connectivity index (χ2n) is 4.13. The van der Waals surface area contributed by atoms with Gasteiger partial charge in [-0.15, -0.1) is 11.3 Å². The van der Waals surface area contributed by atoms with Crippen molar-refractivity contribution in [3.8, 4) is 0 Å². The minimum absolute atomic E-state index is 1.08. The van der Waals surface area contributed by atoms with E-state index in [4.69, 9.17) is 0 Å². The van der Waals surface area contributed by atoms with E-state index in [-0.39, 0.29) is 0 Å². The summed E-state index contributed by atoms with van der Waals surface area (Å²) in [7, 11) is 0. The lowest BCUT2D eigenvalue weighted by Crippen LogP contribution is -1.95. The molecule has 0 spiro atoms. The summed E-state index contributed by atoms with van der Waals surface area (Å²) in [5, 5.41) is 2.15. The molecule has 1 heterocycles. The highest BCUT2D eigenvalue weighted by Gasteiger charge is 2.05. The Kier molecular flexibility index (Phi) is 2.92. The van der Waals surface area contributed by atoms with Crippen molar-refractivity contribution in [1.29, 1.82) is 0 Å². The highest BCUT2D eigenvalue weighted by atomic mass is 32.1. The average Bonchev–Trinajstić information content (AvgIpc) is 2.63. The fourth-order valence-electron chi connectivity index (χ4n) is 2.08. The molecule has 0 saturated heterocycles. The molecule has 0 nitrogen and oxygen atoms in total. The van der Waals surface area contributed by atoms with Crippen molar-refractivity contribution in [3.05, 3.63) is 56.8 Å². The molecule has 1 aromatic heterocycles. The maximum Gasteiger partial charge on any atom is 0.00892 e. The molecule has 0 amide bonds. The summed E-state index contributed by atoms with van der Waals surface area (Å²) >= 11 is 1.84. The van der Waals surface area contributed by atoms with Crippen molar-refractivity contribution in [2.24, 2.45) is 0 Å². The van der Waals surface area contributed by atoms with Gasteiger partial charge in [-0.3, -0.25) is 0 Å². The first-order valence-corrected chi connectivity index (χ1v) is 6.14. The van der Waals surface area contributed by atoms with Crippen molar-refractivity contribution < 1.29 is 0 Å². The van der Waals surface area contributed by atoms with Crippen molar-refractivity contribution in [1.82, 2.24) is 0 Å². The van der Waals surface area contributed by atoms with Gasteiger partial charge in [0, 0.05) is 11.3 Å². The topological polar surface area (TPSA) is 0 Å². The van der Waals surface area contributed by atoms with Crippen molar-refractivity contribution in [3.63, 3.8) is 0 Å². The van der Waals surface area contributed by atoms with E-state index in [0.29, 0.717) is 0 Å². The van der Waals surface area contributed by atoms with Crippen LogP contribution in [0.15, 0.2) is 29.6 Å². The lowest BCUT2D eigenvalue weighted by molar-refractivity contribution is 1.14. The molecular formula is C14H16S. The molecule has 0 aliphatic heterocycles. The molecule has 0 saturated carbocycles. The van der Waals surface area contributed by atoms with Gasteiger partial charge in [0.25, 0.3) is 0 Å². The molecule has 0 bridgehead atoms. The van der Waals surface area contributed by atoms with E-state index in [1.54, 1.807) is 0 Å². The van der Waals surface area contributed by atoms with E-state index in [1.165, 1.54) is 27.1 Å². The molecule has 0 atom stereocenters. The van der Waals surface area contributed by atoms with Crippen LogP contribution in [0.25, 0.3) is 0 Å². The highest BCUT2D eigenvalue weighted by Crippen LogP contribution is 2.22.